The minimum absolute atomic E-state index is 0.0881. The van der Waals surface area contributed by atoms with E-state index in [0.29, 0.717) is 5.82 Å². The van der Waals surface area contributed by atoms with Crippen molar-refractivity contribution in [2.75, 3.05) is 6.61 Å². The fourth-order valence-electron chi connectivity index (χ4n) is 2.34. The molecule has 3 heterocycles. The van der Waals surface area contributed by atoms with E-state index in [0.717, 1.165) is 0 Å². The second-order valence-electron chi connectivity index (χ2n) is 4.94. The first kappa shape index (κ1) is 14.6. The molecule has 0 spiro atoms. The van der Waals surface area contributed by atoms with Gasteiger partial charge in [0.2, 0.25) is 0 Å². The number of H-pyrrole nitrogens is 2. The smallest absolute Gasteiger partial charge is 0.330 e. The highest BCUT2D eigenvalue weighted by Gasteiger charge is 2.35. The maximum absolute atomic E-state index is 11.9. The maximum Gasteiger partial charge on any atom is 0.330 e. The normalized spacial score (nSPS) is 24.7. The largest absolute Gasteiger partial charge is 0.394 e. The van der Waals surface area contributed by atoms with Crippen molar-refractivity contribution >= 4 is 0 Å². The molecule has 1 fully saturated rings. The van der Waals surface area contributed by atoms with Crippen LogP contribution in [0.1, 0.15) is 24.0 Å². The first-order valence-electron chi connectivity index (χ1n) is 6.59. The van der Waals surface area contributed by atoms with Gasteiger partial charge in [-0.25, -0.2) is 4.79 Å². The Morgan fingerprint density at radius 3 is 2.91 bits per heavy atom. The monoisotopic (exact) mass is 310 g/mol. The highest BCUT2D eigenvalue weighted by Crippen LogP contribution is 2.27. The SMILES string of the molecule is O=c1[nH]c(=O)n([C@H]2C[C@H](O)[C@@H](CO)O2)cc1Cc1nn[nH]n1. The summed E-state index contributed by atoms with van der Waals surface area (Å²) in [6.07, 6.45) is -0.835. The topological polar surface area (TPSA) is 159 Å². The lowest BCUT2D eigenvalue weighted by atomic mass is 10.2. The average molecular weight is 310 g/mol. The second kappa shape index (κ2) is 5.79. The van der Waals surface area contributed by atoms with E-state index in [-0.39, 0.29) is 25.0 Å². The van der Waals surface area contributed by atoms with E-state index in [1.54, 1.807) is 0 Å². The van der Waals surface area contributed by atoms with Gasteiger partial charge in [0.15, 0.2) is 5.82 Å². The molecule has 0 aliphatic carbocycles. The first-order valence-corrected chi connectivity index (χ1v) is 6.59. The molecule has 1 aliphatic rings. The zero-order valence-corrected chi connectivity index (χ0v) is 11.3. The number of rotatable bonds is 4. The van der Waals surface area contributed by atoms with Crippen LogP contribution in [0.2, 0.25) is 0 Å². The standard InChI is InChI=1S/C11H14N6O5/c18-4-7-6(19)2-9(22-7)17-3-5(10(20)12-11(17)21)1-8-13-15-16-14-8/h3,6-7,9,18-19H,1-2,4H2,(H,12,20,21)(H,13,14,15,16)/t6-,7+,9+/m0/s1. The predicted octanol–water partition coefficient (Wildman–Crippen LogP) is -2.72. The maximum atomic E-state index is 11.9. The van der Waals surface area contributed by atoms with Crippen molar-refractivity contribution in [3.05, 3.63) is 38.4 Å². The number of aromatic amines is 2. The third-order valence-corrected chi connectivity index (χ3v) is 3.47. The Labute approximate surface area is 122 Å². The van der Waals surface area contributed by atoms with Crippen LogP contribution in [0.15, 0.2) is 15.8 Å². The fourth-order valence-corrected chi connectivity index (χ4v) is 2.34. The van der Waals surface area contributed by atoms with E-state index >= 15 is 0 Å². The summed E-state index contributed by atoms with van der Waals surface area (Å²) in [5, 5.41) is 32.0. The number of ether oxygens (including phenoxy) is 1. The zero-order chi connectivity index (χ0) is 15.7. The molecule has 0 bridgehead atoms. The van der Waals surface area contributed by atoms with Crippen LogP contribution in [0.3, 0.4) is 0 Å². The number of nitrogens with zero attached hydrogens (tertiary/aromatic N) is 4. The van der Waals surface area contributed by atoms with Gasteiger partial charge in [0, 0.05) is 24.6 Å². The highest BCUT2D eigenvalue weighted by atomic mass is 16.5. The Kier molecular flexibility index (Phi) is 3.83. The predicted molar refractivity (Wildman–Crippen MR) is 69.9 cm³/mol. The number of aliphatic hydroxyl groups is 2. The number of aliphatic hydroxyl groups excluding tert-OH is 2. The number of tetrazole rings is 1. The molecule has 1 saturated heterocycles. The van der Waals surface area contributed by atoms with Crippen LogP contribution >= 0.6 is 0 Å². The minimum Gasteiger partial charge on any atom is -0.394 e. The minimum atomic E-state index is -0.880. The molecule has 0 amide bonds. The van der Waals surface area contributed by atoms with Crippen LogP contribution in [-0.4, -0.2) is 59.2 Å². The van der Waals surface area contributed by atoms with Gasteiger partial charge in [-0.3, -0.25) is 14.3 Å². The van der Waals surface area contributed by atoms with Gasteiger partial charge in [-0.15, -0.1) is 10.2 Å². The lowest BCUT2D eigenvalue weighted by molar-refractivity contribution is -0.0459. The van der Waals surface area contributed by atoms with Crippen LogP contribution in [0.4, 0.5) is 0 Å². The molecule has 0 saturated carbocycles. The van der Waals surface area contributed by atoms with Crippen LogP contribution in [0, 0.1) is 0 Å². The van der Waals surface area contributed by atoms with Gasteiger partial charge in [0.05, 0.1) is 12.7 Å². The molecule has 3 atom stereocenters. The van der Waals surface area contributed by atoms with Gasteiger partial charge < -0.3 is 14.9 Å². The molecular weight excluding hydrogens is 296 g/mol. The Hall–Kier alpha value is -2.37. The zero-order valence-electron chi connectivity index (χ0n) is 11.3. The van der Waals surface area contributed by atoms with Crippen LogP contribution in [-0.2, 0) is 11.2 Å². The molecule has 0 aromatic carbocycles. The van der Waals surface area contributed by atoms with Gasteiger partial charge in [-0.1, -0.05) is 5.21 Å². The Morgan fingerprint density at radius 2 is 2.27 bits per heavy atom. The van der Waals surface area contributed by atoms with Gasteiger partial charge in [-0.05, 0) is 0 Å². The summed E-state index contributed by atoms with van der Waals surface area (Å²) >= 11 is 0. The van der Waals surface area contributed by atoms with Crippen LogP contribution in [0.5, 0.6) is 0 Å². The Bertz CT molecular complexity index is 753. The van der Waals surface area contributed by atoms with Crippen molar-refractivity contribution in [2.24, 2.45) is 0 Å². The molecule has 118 valence electrons. The van der Waals surface area contributed by atoms with E-state index in [2.05, 4.69) is 25.6 Å². The first-order chi connectivity index (χ1) is 10.6. The Balaban J connectivity index is 1.92. The molecule has 11 heteroatoms. The van der Waals surface area contributed by atoms with Crippen molar-refractivity contribution < 1.29 is 14.9 Å². The van der Waals surface area contributed by atoms with E-state index in [1.807, 2.05) is 0 Å². The van der Waals surface area contributed by atoms with Gasteiger partial charge in [0.25, 0.3) is 5.56 Å². The third kappa shape index (κ3) is 2.68. The molecule has 4 N–H and O–H groups in total. The number of aromatic nitrogens is 6. The summed E-state index contributed by atoms with van der Waals surface area (Å²) in [5.74, 6) is 0.302. The summed E-state index contributed by atoms with van der Waals surface area (Å²) in [4.78, 5) is 25.9. The summed E-state index contributed by atoms with van der Waals surface area (Å²) in [5.41, 5.74) is -0.951. The molecule has 3 rings (SSSR count). The number of hydrogen-bond donors (Lipinski definition) is 4. The van der Waals surface area contributed by atoms with Gasteiger partial charge in [0.1, 0.15) is 12.3 Å². The molecular formula is C11H14N6O5. The molecule has 11 nitrogen and oxygen atoms in total. The second-order valence-corrected chi connectivity index (χ2v) is 4.94. The van der Waals surface area contributed by atoms with E-state index in [4.69, 9.17) is 9.84 Å². The third-order valence-electron chi connectivity index (χ3n) is 3.47. The van der Waals surface area contributed by atoms with Crippen LogP contribution < -0.4 is 11.2 Å². The lowest BCUT2D eigenvalue weighted by Crippen LogP contribution is -2.34. The summed E-state index contributed by atoms with van der Waals surface area (Å²) < 4.78 is 6.59. The molecule has 2 aromatic rings. The summed E-state index contributed by atoms with van der Waals surface area (Å²) in [7, 11) is 0. The number of nitrogens with one attached hydrogen (secondary N) is 2. The van der Waals surface area contributed by atoms with E-state index < -0.39 is 29.7 Å². The fraction of sp³-hybridized carbons (Fsp3) is 0.545. The van der Waals surface area contributed by atoms with Crippen molar-refractivity contribution in [3.63, 3.8) is 0 Å². The summed E-state index contributed by atoms with van der Waals surface area (Å²) in [6.45, 7) is -0.356. The van der Waals surface area contributed by atoms with Crippen molar-refractivity contribution in [2.45, 2.75) is 31.3 Å². The molecule has 0 unspecified atom stereocenters. The van der Waals surface area contributed by atoms with Gasteiger partial charge in [-0.2, -0.15) is 5.21 Å². The molecule has 2 aromatic heterocycles. The molecule has 1 aliphatic heterocycles. The van der Waals surface area contributed by atoms with Crippen molar-refractivity contribution in [1.82, 2.24) is 30.2 Å². The van der Waals surface area contributed by atoms with Crippen molar-refractivity contribution in [3.8, 4) is 0 Å². The highest BCUT2D eigenvalue weighted by molar-refractivity contribution is 5.10. The Morgan fingerprint density at radius 1 is 1.45 bits per heavy atom. The molecule has 0 radical (unpaired) electrons. The quantitative estimate of drug-likeness (QED) is 0.474. The lowest BCUT2D eigenvalue weighted by Gasteiger charge is -2.15. The van der Waals surface area contributed by atoms with E-state index in [1.165, 1.54) is 10.8 Å². The van der Waals surface area contributed by atoms with Crippen molar-refractivity contribution in [1.29, 1.82) is 0 Å². The van der Waals surface area contributed by atoms with Gasteiger partial charge >= 0.3 is 5.69 Å². The molecule has 22 heavy (non-hydrogen) atoms. The number of hydrogen-bond acceptors (Lipinski definition) is 8. The summed E-state index contributed by atoms with van der Waals surface area (Å²) in [6, 6.07) is 0. The van der Waals surface area contributed by atoms with E-state index in [9.17, 15) is 14.7 Å². The average Bonchev–Trinajstić information content (AvgIpc) is 3.11. The van der Waals surface area contributed by atoms with Crippen LogP contribution in [0.25, 0.3) is 0 Å².